The van der Waals surface area contributed by atoms with Crippen molar-refractivity contribution in [3.05, 3.63) is 65.2 Å². The van der Waals surface area contributed by atoms with Crippen LogP contribution in [0.1, 0.15) is 37.8 Å². The Labute approximate surface area is 166 Å². The standard InChI is InChI=1S/C21H21F2N3O3/c1-12(2)13-4-7-15(8-5-13)24-18(27)11-26-19(28)21(3,25-20(26)29)16-10-14(22)6-9-17(16)23/h4-10,12H,11H2,1-3H3,(H,24,27)(H,25,29)/t21-/m0/s1. The molecule has 4 amide bonds. The van der Waals surface area contributed by atoms with Gasteiger partial charge in [0.2, 0.25) is 5.91 Å². The van der Waals surface area contributed by atoms with E-state index in [-0.39, 0.29) is 5.56 Å². The third-order valence-electron chi connectivity index (χ3n) is 4.90. The summed E-state index contributed by atoms with van der Waals surface area (Å²) in [5, 5.41) is 4.97. The van der Waals surface area contributed by atoms with Gasteiger partial charge >= 0.3 is 6.03 Å². The highest BCUT2D eigenvalue weighted by molar-refractivity contribution is 6.10. The zero-order valence-electron chi connectivity index (χ0n) is 16.3. The molecule has 1 saturated heterocycles. The number of anilines is 1. The molecule has 0 spiro atoms. The predicted molar refractivity (Wildman–Crippen MR) is 103 cm³/mol. The normalized spacial score (nSPS) is 18.9. The lowest BCUT2D eigenvalue weighted by Crippen LogP contribution is -2.42. The molecule has 0 aromatic heterocycles. The maximum Gasteiger partial charge on any atom is 0.325 e. The molecule has 0 saturated carbocycles. The number of imide groups is 1. The van der Waals surface area contributed by atoms with Crippen molar-refractivity contribution in [1.29, 1.82) is 0 Å². The van der Waals surface area contributed by atoms with Gasteiger partial charge < -0.3 is 10.6 Å². The summed E-state index contributed by atoms with van der Waals surface area (Å²) < 4.78 is 27.7. The smallest absolute Gasteiger partial charge is 0.325 e. The van der Waals surface area contributed by atoms with Crippen molar-refractivity contribution in [1.82, 2.24) is 10.2 Å². The molecule has 0 radical (unpaired) electrons. The van der Waals surface area contributed by atoms with Crippen LogP contribution in [-0.2, 0) is 15.1 Å². The molecule has 1 aliphatic rings. The number of hydrogen-bond acceptors (Lipinski definition) is 3. The number of nitrogens with one attached hydrogen (secondary N) is 2. The monoisotopic (exact) mass is 401 g/mol. The molecular formula is C21H21F2N3O3. The summed E-state index contributed by atoms with van der Waals surface area (Å²) in [5.41, 5.74) is -0.485. The molecule has 3 rings (SSSR count). The van der Waals surface area contributed by atoms with E-state index in [0.29, 0.717) is 16.5 Å². The summed E-state index contributed by atoms with van der Waals surface area (Å²) in [6.07, 6.45) is 0. The number of rotatable bonds is 5. The third kappa shape index (κ3) is 3.96. The largest absolute Gasteiger partial charge is 0.325 e. The Balaban J connectivity index is 1.74. The predicted octanol–water partition coefficient (Wildman–Crippen LogP) is 3.49. The molecule has 1 aliphatic heterocycles. The molecule has 1 fully saturated rings. The van der Waals surface area contributed by atoms with E-state index in [9.17, 15) is 23.2 Å². The Bertz CT molecular complexity index is 976. The number of carbonyl (C=O) groups excluding carboxylic acids is 3. The highest BCUT2D eigenvalue weighted by Gasteiger charge is 2.50. The fourth-order valence-corrected chi connectivity index (χ4v) is 3.20. The van der Waals surface area contributed by atoms with E-state index >= 15 is 0 Å². The van der Waals surface area contributed by atoms with E-state index in [1.54, 1.807) is 12.1 Å². The highest BCUT2D eigenvalue weighted by Crippen LogP contribution is 2.31. The van der Waals surface area contributed by atoms with Gasteiger partial charge in [0, 0.05) is 11.3 Å². The van der Waals surface area contributed by atoms with Gasteiger partial charge in [0.15, 0.2) is 0 Å². The molecule has 29 heavy (non-hydrogen) atoms. The number of carbonyl (C=O) groups is 3. The molecule has 1 atom stereocenters. The summed E-state index contributed by atoms with van der Waals surface area (Å²) in [5.74, 6) is -2.66. The van der Waals surface area contributed by atoms with Crippen LogP contribution in [0.3, 0.4) is 0 Å². The van der Waals surface area contributed by atoms with Crippen LogP contribution in [0.2, 0.25) is 0 Å². The second-order valence-electron chi connectivity index (χ2n) is 7.40. The molecule has 2 N–H and O–H groups in total. The van der Waals surface area contributed by atoms with Gasteiger partial charge in [0.1, 0.15) is 23.7 Å². The van der Waals surface area contributed by atoms with Crippen LogP contribution in [0.15, 0.2) is 42.5 Å². The number of urea groups is 1. The maximum absolute atomic E-state index is 14.2. The van der Waals surface area contributed by atoms with Gasteiger partial charge in [-0.05, 0) is 48.7 Å². The quantitative estimate of drug-likeness (QED) is 0.753. The van der Waals surface area contributed by atoms with Crippen LogP contribution in [0, 0.1) is 11.6 Å². The minimum absolute atomic E-state index is 0.303. The Hall–Kier alpha value is -3.29. The van der Waals surface area contributed by atoms with Gasteiger partial charge in [-0.15, -0.1) is 0 Å². The lowest BCUT2D eigenvalue weighted by Gasteiger charge is -2.22. The zero-order chi connectivity index (χ0) is 21.3. The minimum atomic E-state index is -1.80. The Kier molecular flexibility index (Phi) is 5.37. The summed E-state index contributed by atoms with van der Waals surface area (Å²) >= 11 is 0. The fraction of sp³-hybridized carbons (Fsp3) is 0.286. The van der Waals surface area contributed by atoms with Crippen molar-refractivity contribution >= 4 is 23.5 Å². The molecule has 2 aromatic carbocycles. The minimum Gasteiger partial charge on any atom is -0.325 e. The van der Waals surface area contributed by atoms with E-state index in [2.05, 4.69) is 10.6 Å². The first-order valence-corrected chi connectivity index (χ1v) is 9.11. The fourth-order valence-electron chi connectivity index (χ4n) is 3.20. The van der Waals surface area contributed by atoms with Crippen molar-refractivity contribution in [3.8, 4) is 0 Å². The second kappa shape index (κ2) is 7.62. The van der Waals surface area contributed by atoms with E-state index in [1.807, 2.05) is 26.0 Å². The van der Waals surface area contributed by atoms with Crippen LogP contribution in [0.25, 0.3) is 0 Å². The Morgan fingerprint density at radius 2 is 1.79 bits per heavy atom. The molecular weight excluding hydrogens is 380 g/mol. The lowest BCUT2D eigenvalue weighted by molar-refractivity contribution is -0.133. The van der Waals surface area contributed by atoms with Gasteiger partial charge in [-0.25, -0.2) is 13.6 Å². The summed E-state index contributed by atoms with van der Waals surface area (Å²) in [6, 6.07) is 9.00. The summed E-state index contributed by atoms with van der Waals surface area (Å²) in [7, 11) is 0. The molecule has 0 aliphatic carbocycles. The first-order chi connectivity index (χ1) is 13.6. The highest BCUT2D eigenvalue weighted by atomic mass is 19.1. The molecule has 152 valence electrons. The molecule has 6 nitrogen and oxygen atoms in total. The molecule has 2 aromatic rings. The molecule has 1 heterocycles. The number of nitrogens with zero attached hydrogens (tertiary/aromatic N) is 1. The number of hydrogen-bond donors (Lipinski definition) is 2. The van der Waals surface area contributed by atoms with Gasteiger partial charge in [-0.2, -0.15) is 0 Å². The average molecular weight is 401 g/mol. The summed E-state index contributed by atoms with van der Waals surface area (Å²) in [6.45, 7) is 4.81. The van der Waals surface area contributed by atoms with Crippen molar-refractivity contribution in [2.75, 3.05) is 11.9 Å². The zero-order valence-corrected chi connectivity index (χ0v) is 16.3. The molecule has 0 unspecified atom stereocenters. The number of halogens is 2. The van der Waals surface area contributed by atoms with Gasteiger partial charge in [0.05, 0.1) is 0 Å². The van der Waals surface area contributed by atoms with E-state index < -0.39 is 41.6 Å². The second-order valence-corrected chi connectivity index (χ2v) is 7.40. The van der Waals surface area contributed by atoms with Gasteiger partial charge in [0.25, 0.3) is 5.91 Å². The maximum atomic E-state index is 14.2. The SMILES string of the molecule is CC(C)c1ccc(NC(=O)CN2C(=O)N[C@@](C)(c3cc(F)ccc3F)C2=O)cc1. The number of benzene rings is 2. The lowest BCUT2D eigenvalue weighted by atomic mass is 9.91. The van der Waals surface area contributed by atoms with Crippen molar-refractivity contribution in [2.45, 2.75) is 32.2 Å². The Morgan fingerprint density at radius 1 is 1.14 bits per heavy atom. The van der Waals surface area contributed by atoms with Crippen LogP contribution in [-0.4, -0.2) is 29.3 Å². The van der Waals surface area contributed by atoms with Crippen molar-refractivity contribution < 1.29 is 23.2 Å². The van der Waals surface area contributed by atoms with Crippen LogP contribution in [0.5, 0.6) is 0 Å². The van der Waals surface area contributed by atoms with Crippen molar-refractivity contribution in [2.24, 2.45) is 0 Å². The molecule has 0 bridgehead atoms. The first kappa shape index (κ1) is 20.4. The average Bonchev–Trinajstić information content (AvgIpc) is 2.88. The van der Waals surface area contributed by atoms with Crippen LogP contribution >= 0.6 is 0 Å². The van der Waals surface area contributed by atoms with E-state index in [0.717, 1.165) is 23.8 Å². The first-order valence-electron chi connectivity index (χ1n) is 9.11. The van der Waals surface area contributed by atoms with Crippen LogP contribution < -0.4 is 10.6 Å². The van der Waals surface area contributed by atoms with E-state index in [4.69, 9.17) is 0 Å². The van der Waals surface area contributed by atoms with E-state index in [1.165, 1.54) is 6.92 Å². The third-order valence-corrected chi connectivity index (χ3v) is 4.90. The Morgan fingerprint density at radius 3 is 2.41 bits per heavy atom. The van der Waals surface area contributed by atoms with Gasteiger partial charge in [-0.3, -0.25) is 14.5 Å². The molecule has 8 heteroatoms. The topological polar surface area (TPSA) is 78.5 Å². The number of amides is 4. The van der Waals surface area contributed by atoms with Crippen LogP contribution in [0.4, 0.5) is 19.3 Å². The van der Waals surface area contributed by atoms with Crippen molar-refractivity contribution in [3.63, 3.8) is 0 Å². The van der Waals surface area contributed by atoms with Gasteiger partial charge in [-0.1, -0.05) is 26.0 Å². The summed E-state index contributed by atoms with van der Waals surface area (Å²) in [4.78, 5) is 38.1.